The van der Waals surface area contributed by atoms with E-state index in [2.05, 4.69) is 17.6 Å². The van der Waals surface area contributed by atoms with Gasteiger partial charge in [0.25, 0.3) is 0 Å². The third-order valence-electron chi connectivity index (χ3n) is 4.69. The highest BCUT2D eigenvalue weighted by molar-refractivity contribution is 8.00. The van der Waals surface area contributed by atoms with Gasteiger partial charge in [0.05, 0.1) is 12.1 Å². The van der Waals surface area contributed by atoms with Gasteiger partial charge < -0.3 is 10.6 Å². The Morgan fingerprint density at radius 2 is 1.82 bits per heavy atom. The van der Waals surface area contributed by atoms with Crippen molar-refractivity contribution in [3.8, 4) is 0 Å². The number of Topliss-reactive ketones (excluding diaryl/α,β-unsaturated/α-hetero) is 1. The number of unbranched alkanes of at least 4 members (excludes halogenated alkanes) is 5. The van der Waals surface area contributed by atoms with Crippen molar-refractivity contribution in [2.45, 2.75) is 88.5 Å². The number of hydrogen-bond acceptors (Lipinski definition) is 3. The van der Waals surface area contributed by atoms with Crippen LogP contribution in [0.1, 0.15) is 71.1 Å². The van der Waals surface area contributed by atoms with Gasteiger partial charge >= 0.3 is 6.03 Å². The van der Waals surface area contributed by atoms with Crippen LogP contribution in [0.4, 0.5) is 4.79 Å². The first kappa shape index (κ1) is 17.6. The van der Waals surface area contributed by atoms with Crippen molar-refractivity contribution in [2.24, 2.45) is 0 Å². The summed E-state index contributed by atoms with van der Waals surface area (Å²) in [5, 5.41) is 6.51. The van der Waals surface area contributed by atoms with Gasteiger partial charge in [-0.05, 0) is 19.3 Å². The highest BCUT2D eigenvalue weighted by atomic mass is 32.2. The monoisotopic (exact) mass is 326 g/mol. The Balaban J connectivity index is 1.49. The van der Waals surface area contributed by atoms with Gasteiger partial charge in [-0.3, -0.25) is 4.79 Å². The number of carbonyl (C=O) groups excluding carboxylic acids is 2. The summed E-state index contributed by atoms with van der Waals surface area (Å²) in [4.78, 5) is 23.1. The molecule has 0 aromatic carbocycles. The minimum Gasteiger partial charge on any atom is -0.332 e. The molecule has 2 heterocycles. The Labute approximate surface area is 138 Å². The van der Waals surface area contributed by atoms with Crippen molar-refractivity contribution in [2.75, 3.05) is 5.75 Å². The number of nitrogens with one attached hydrogen (secondary N) is 2. The van der Waals surface area contributed by atoms with Crippen LogP contribution in [-0.2, 0) is 4.79 Å². The molecule has 0 saturated carbocycles. The molecule has 0 aromatic heterocycles. The van der Waals surface area contributed by atoms with Gasteiger partial charge in [0.1, 0.15) is 5.78 Å². The first-order valence-corrected chi connectivity index (χ1v) is 9.96. The van der Waals surface area contributed by atoms with Crippen molar-refractivity contribution in [3.05, 3.63) is 0 Å². The van der Waals surface area contributed by atoms with Crippen LogP contribution in [0, 0.1) is 0 Å². The Morgan fingerprint density at radius 1 is 1.09 bits per heavy atom. The van der Waals surface area contributed by atoms with Crippen LogP contribution in [0.15, 0.2) is 0 Å². The number of ketones is 1. The molecule has 0 spiro atoms. The summed E-state index contributed by atoms with van der Waals surface area (Å²) in [6.45, 7) is 2.21. The van der Waals surface area contributed by atoms with E-state index in [9.17, 15) is 9.59 Å². The summed E-state index contributed by atoms with van der Waals surface area (Å²) in [6, 6.07) is 0.595. The van der Waals surface area contributed by atoms with Crippen molar-refractivity contribution in [1.29, 1.82) is 0 Å². The second-order valence-electron chi connectivity index (χ2n) is 6.57. The van der Waals surface area contributed by atoms with Crippen LogP contribution in [0.5, 0.6) is 0 Å². The van der Waals surface area contributed by atoms with E-state index in [1.165, 1.54) is 25.7 Å². The molecule has 2 unspecified atom stereocenters. The molecule has 2 amide bonds. The molecule has 0 bridgehead atoms. The molecule has 0 aliphatic carbocycles. The van der Waals surface area contributed by atoms with E-state index < -0.39 is 0 Å². The van der Waals surface area contributed by atoms with Gasteiger partial charge in [0.2, 0.25) is 0 Å². The van der Waals surface area contributed by atoms with Crippen LogP contribution < -0.4 is 10.6 Å². The molecule has 5 heteroatoms. The molecule has 2 aliphatic heterocycles. The third-order valence-corrected chi connectivity index (χ3v) is 6.20. The highest BCUT2D eigenvalue weighted by Gasteiger charge is 2.42. The maximum atomic E-state index is 11.8. The van der Waals surface area contributed by atoms with Gasteiger partial charge in [-0.15, -0.1) is 0 Å². The lowest BCUT2D eigenvalue weighted by atomic mass is 10.0. The molecule has 126 valence electrons. The topological polar surface area (TPSA) is 58.2 Å². The van der Waals surface area contributed by atoms with Crippen LogP contribution in [0.3, 0.4) is 0 Å². The van der Waals surface area contributed by atoms with E-state index in [1.54, 1.807) is 0 Å². The smallest absolute Gasteiger partial charge is 0.315 e. The normalized spacial score (nSPS) is 26.6. The summed E-state index contributed by atoms with van der Waals surface area (Å²) < 4.78 is 0. The van der Waals surface area contributed by atoms with Crippen LogP contribution in [0.2, 0.25) is 0 Å². The average molecular weight is 327 g/mol. The molecule has 2 rings (SSSR count). The largest absolute Gasteiger partial charge is 0.332 e. The van der Waals surface area contributed by atoms with Crippen molar-refractivity contribution < 1.29 is 9.59 Å². The molecule has 0 radical (unpaired) electrons. The fourth-order valence-electron chi connectivity index (χ4n) is 3.36. The molecule has 3 atom stereocenters. The molecule has 2 saturated heterocycles. The first-order valence-electron chi connectivity index (χ1n) is 8.91. The maximum Gasteiger partial charge on any atom is 0.315 e. The molecular formula is C17H30N2O2S. The third kappa shape index (κ3) is 5.49. The number of urea groups is 1. The van der Waals surface area contributed by atoms with Crippen molar-refractivity contribution in [3.63, 3.8) is 0 Å². The highest BCUT2D eigenvalue weighted by Crippen LogP contribution is 2.33. The van der Waals surface area contributed by atoms with Gasteiger partial charge in [-0.1, -0.05) is 39.0 Å². The lowest BCUT2D eigenvalue weighted by Crippen LogP contribution is -2.36. The van der Waals surface area contributed by atoms with Gasteiger partial charge in [-0.2, -0.15) is 11.8 Å². The number of carbonyl (C=O) groups is 2. The molecule has 22 heavy (non-hydrogen) atoms. The molecule has 2 fully saturated rings. The van der Waals surface area contributed by atoms with Crippen LogP contribution >= 0.6 is 11.8 Å². The Bertz CT molecular complexity index is 376. The Kier molecular flexibility index (Phi) is 7.56. The zero-order valence-electron chi connectivity index (χ0n) is 13.7. The number of rotatable bonds is 11. The molecular weight excluding hydrogens is 296 g/mol. The molecule has 4 nitrogen and oxygen atoms in total. The second-order valence-corrected chi connectivity index (χ2v) is 7.84. The van der Waals surface area contributed by atoms with Crippen LogP contribution in [0.25, 0.3) is 0 Å². The summed E-state index contributed by atoms with van der Waals surface area (Å²) in [6.07, 6.45) is 10.8. The zero-order valence-corrected chi connectivity index (χ0v) is 14.6. The van der Waals surface area contributed by atoms with E-state index in [1.807, 2.05) is 11.8 Å². The summed E-state index contributed by atoms with van der Waals surface area (Å²) in [5.41, 5.74) is 0. The molecule has 0 aromatic rings. The standard InChI is InChI=1S/C17H30N2O2S/c1-2-3-4-5-6-9-13(20)10-7-8-11-15-16-14(12-22-15)18-17(21)19-16/h14-16H,2-12H2,1H3,(H2,18,19,21)/t14?,15-,16?/m0/s1. The zero-order chi connectivity index (χ0) is 15.8. The number of thioether (sulfide) groups is 1. The number of hydrogen-bond donors (Lipinski definition) is 2. The SMILES string of the molecule is CCCCCCCC(=O)CCCC[C@@H]1SCC2NC(=O)NC21. The van der Waals surface area contributed by atoms with E-state index in [0.717, 1.165) is 44.3 Å². The first-order chi connectivity index (χ1) is 10.7. The Hall–Kier alpha value is -0.710. The predicted octanol–water partition coefficient (Wildman–Crippen LogP) is 3.64. The molecule has 2 aliphatic rings. The minimum absolute atomic E-state index is 0.0152. The van der Waals surface area contributed by atoms with E-state index >= 15 is 0 Å². The quantitative estimate of drug-likeness (QED) is 0.450. The second kappa shape index (κ2) is 9.43. The van der Waals surface area contributed by atoms with E-state index in [0.29, 0.717) is 23.1 Å². The number of fused-ring (bicyclic) bond motifs is 1. The van der Waals surface area contributed by atoms with Gasteiger partial charge in [0.15, 0.2) is 0 Å². The van der Waals surface area contributed by atoms with Crippen molar-refractivity contribution >= 4 is 23.6 Å². The summed E-state index contributed by atoms with van der Waals surface area (Å²) in [5.74, 6) is 1.45. The fraction of sp³-hybridized carbons (Fsp3) is 0.882. The molecule has 2 N–H and O–H groups in total. The van der Waals surface area contributed by atoms with E-state index in [-0.39, 0.29) is 6.03 Å². The predicted molar refractivity (Wildman–Crippen MR) is 92.3 cm³/mol. The lowest BCUT2D eigenvalue weighted by molar-refractivity contribution is -0.119. The fourth-order valence-corrected chi connectivity index (χ4v) is 4.91. The van der Waals surface area contributed by atoms with Gasteiger partial charge in [-0.25, -0.2) is 4.79 Å². The average Bonchev–Trinajstić information content (AvgIpc) is 3.03. The summed E-state index contributed by atoms with van der Waals surface area (Å²) in [7, 11) is 0. The van der Waals surface area contributed by atoms with Crippen LogP contribution in [-0.4, -0.2) is 34.9 Å². The minimum atomic E-state index is -0.0152. The number of amides is 2. The van der Waals surface area contributed by atoms with Gasteiger partial charge in [0, 0.05) is 23.8 Å². The maximum absolute atomic E-state index is 11.8. The summed E-state index contributed by atoms with van der Waals surface area (Å²) >= 11 is 1.95. The lowest BCUT2D eigenvalue weighted by Gasteiger charge is -2.16. The van der Waals surface area contributed by atoms with Crippen molar-refractivity contribution in [1.82, 2.24) is 10.6 Å². The van der Waals surface area contributed by atoms with E-state index in [4.69, 9.17) is 0 Å². The Morgan fingerprint density at radius 3 is 2.59 bits per heavy atom.